The number of ether oxygens (including phenoxy) is 1. The molecule has 0 aliphatic heterocycles. The molecule has 0 saturated carbocycles. The number of methoxy groups -OCH3 is 1. The Labute approximate surface area is 130 Å². The molecular weight excluding hydrogens is 366 g/mol. The molecule has 1 aromatic carbocycles. The molecule has 0 bridgehead atoms. The Bertz CT molecular complexity index is 643. The van der Waals surface area contributed by atoms with Crippen LogP contribution in [-0.4, -0.2) is 39.1 Å². The summed E-state index contributed by atoms with van der Waals surface area (Å²) in [6.07, 6.45) is 0.0669. The number of nitrogens with one attached hydrogen (secondary N) is 1. The molecule has 0 aromatic heterocycles. The normalized spacial score (nSPS) is 11.1. The first kappa shape index (κ1) is 17.6. The number of carbonyl (C=O) groups excluding carboxylic acids is 1. The van der Waals surface area contributed by atoms with Gasteiger partial charge in [0.2, 0.25) is 10.0 Å². The molecule has 0 amide bonds. The Hall–Kier alpha value is -1.45. The van der Waals surface area contributed by atoms with Crippen molar-refractivity contribution in [3.8, 4) is 0 Å². The van der Waals surface area contributed by atoms with Crippen LogP contribution in [0, 0.1) is 0 Å². The van der Waals surface area contributed by atoms with E-state index in [0.29, 0.717) is 0 Å². The monoisotopic (exact) mass is 379 g/mol. The minimum Gasteiger partial charge on any atom is -0.481 e. The highest BCUT2D eigenvalue weighted by Gasteiger charge is 2.19. The molecule has 0 atom stereocenters. The third-order valence-corrected chi connectivity index (χ3v) is 4.94. The first-order chi connectivity index (χ1) is 9.77. The van der Waals surface area contributed by atoms with Crippen LogP contribution in [0.1, 0.15) is 23.2 Å². The second-order valence-electron chi connectivity index (χ2n) is 4.03. The summed E-state index contributed by atoms with van der Waals surface area (Å²) in [4.78, 5) is 21.7. The molecule has 116 valence electrons. The molecule has 0 radical (unpaired) electrons. The van der Waals surface area contributed by atoms with Gasteiger partial charge < -0.3 is 9.84 Å². The van der Waals surface area contributed by atoms with E-state index in [2.05, 4.69) is 25.4 Å². The van der Waals surface area contributed by atoms with Crippen LogP contribution in [-0.2, 0) is 19.6 Å². The summed E-state index contributed by atoms with van der Waals surface area (Å²) in [7, 11) is -2.55. The van der Waals surface area contributed by atoms with Gasteiger partial charge in [0.15, 0.2) is 0 Å². The fraction of sp³-hybridized carbons (Fsp3) is 0.333. The van der Waals surface area contributed by atoms with Gasteiger partial charge in [-0.2, -0.15) is 0 Å². The molecule has 9 heteroatoms. The lowest BCUT2D eigenvalue weighted by molar-refractivity contribution is -0.137. The number of halogens is 1. The van der Waals surface area contributed by atoms with Crippen LogP contribution in [0.2, 0.25) is 0 Å². The number of benzene rings is 1. The van der Waals surface area contributed by atoms with Crippen molar-refractivity contribution in [1.29, 1.82) is 0 Å². The zero-order chi connectivity index (χ0) is 16.0. The molecule has 0 aliphatic carbocycles. The summed E-state index contributed by atoms with van der Waals surface area (Å²) in [6, 6.07) is 3.95. The number of carbonyl (C=O) groups is 2. The topological polar surface area (TPSA) is 110 Å². The van der Waals surface area contributed by atoms with E-state index in [0.717, 1.165) is 0 Å². The zero-order valence-electron chi connectivity index (χ0n) is 11.1. The van der Waals surface area contributed by atoms with Crippen LogP contribution in [0.4, 0.5) is 0 Å². The maximum atomic E-state index is 12.0. The summed E-state index contributed by atoms with van der Waals surface area (Å²) in [6.45, 7) is 0.0137. The first-order valence-electron chi connectivity index (χ1n) is 5.87. The van der Waals surface area contributed by atoms with Crippen molar-refractivity contribution in [2.75, 3.05) is 13.7 Å². The average Bonchev–Trinajstić information content (AvgIpc) is 2.42. The van der Waals surface area contributed by atoms with Crippen LogP contribution in [0.25, 0.3) is 0 Å². The molecule has 0 spiro atoms. The lowest BCUT2D eigenvalue weighted by atomic mass is 10.2. The van der Waals surface area contributed by atoms with Crippen LogP contribution in [0.15, 0.2) is 27.6 Å². The minimum atomic E-state index is -3.78. The molecule has 0 saturated heterocycles. The van der Waals surface area contributed by atoms with Crippen LogP contribution in [0.3, 0.4) is 0 Å². The maximum absolute atomic E-state index is 12.0. The molecular formula is C12H14BrNO6S. The van der Waals surface area contributed by atoms with E-state index in [4.69, 9.17) is 5.11 Å². The van der Waals surface area contributed by atoms with E-state index in [9.17, 15) is 18.0 Å². The Morgan fingerprint density at radius 3 is 2.57 bits per heavy atom. The molecule has 1 aromatic rings. The van der Waals surface area contributed by atoms with Crippen molar-refractivity contribution < 1.29 is 27.9 Å². The average molecular weight is 380 g/mol. The predicted molar refractivity (Wildman–Crippen MR) is 77.5 cm³/mol. The van der Waals surface area contributed by atoms with Crippen molar-refractivity contribution in [3.05, 3.63) is 28.2 Å². The molecule has 0 heterocycles. The van der Waals surface area contributed by atoms with Gasteiger partial charge in [-0.15, -0.1) is 0 Å². The third kappa shape index (κ3) is 5.10. The van der Waals surface area contributed by atoms with Crippen molar-refractivity contribution >= 4 is 37.9 Å². The van der Waals surface area contributed by atoms with E-state index < -0.39 is 22.0 Å². The number of aliphatic carboxylic acids is 1. The fourth-order valence-corrected chi connectivity index (χ4v) is 3.64. The number of rotatable bonds is 7. The standard InChI is InChI=1S/C12H14BrNO6S/c1-20-12(17)8-4-5-10(9(13)7-8)21(18,19)14-6-2-3-11(15)16/h4-5,7,14H,2-3,6H2,1H3,(H,15,16). The highest BCUT2D eigenvalue weighted by atomic mass is 79.9. The molecule has 0 aliphatic rings. The number of carboxylic acid groups (broad SMARTS) is 1. The van der Waals surface area contributed by atoms with Gasteiger partial charge in [-0.25, -0.2) is 17.9 Å². The van der Waals surface area contributed by atoms with Gasteiger partial charge in [0.25, 0.3) is 0 Å². The van der Waals surface area contributed by atoms with Crippen molar-refractivity contribution in [1.82, 2.24) is 4.72 Å². The lowest BCUT2D eigenvalue weighted by Gasteiger charge is -2.09. The second-order valence-corrected chi connectivity index (χ2v) is 6.62. The van der Waals surface area contributed by atoms with E-state index in [1.807, 2.05) is 0 Å². The quantitative estimate of drug-likeness (QED) is 0.546. The predicted octanol–water partition coefficient (Wildman–Crippen LogP) is 1.38. The van der Waals surface area contributed by atoms with Gasteiger partial charge >= 0.3 is 11.9 Å². The highest BCUT2D eigenvalue weighted by Crippen LogP contribution is 2.23. The molecule has 21 heavy (non-hydrogen) atoms. The summed E-state index contributed by atoms with van der Waals surface area (Å²) >= 11 is 3.09. The molecule has 2 N–H and O–H groups in total. The van der Waals surface area contributed by atoms with Gasteiger partial charge in [0, 0.05) is 17.4 Å². The number of esters is 1. The number of carboxylic acids is 1. The van der Waals surface area contributed by atoms with E-state index in [1.54, 1.807) is 0 Å². The van der Waals surface area contributed by atoms with Gasteiger partial charge in [-0.05, 0) is 40.5 Å². The largest absolute Gasteiger partial charge is 0.481 e. The van der Waals surface area contributed by atoms with E-state index in [1.165, 1.54) is 25.3 Å². The smallest absolute Gasteiger partial charge is 0.337 e. The zero-order valence-corrected chi connectivity index (χ0v) is 13.5. The molecule has 0 fully saturated rings. The fourth-order valence-electron chi connectivity index (χ4n) is 1.49. The summed E-state index contributed by atoms with van der Waals surface area (Å²) in [5, 5.41) is 8.48. The van der Waals surface area contributed by atoms with Gasteiger partial charge in [-0.1, -0.05) is 0 Å². The van der Waals surface area contributed by atoms with Gasteiger partial charge in [-0.3, -0.25) is 4.79 Å². The van der Waals surface area contributed by atoms with Crippen molar-refractivity contribution in [3.63, 3.8) is 0 Å². The SMILES string of the molecule is COC(=O)c1ccc(S(=O)(=O)NCCCC(=O)O)c(Br)c1. The van der Waals surface area contributed by atoms with E-state index in [-0.39, 0.29) is 34.3 Å². The van der Waals surface area contributed by atoms with Crippen molar-refractivity contribution in [2.45, 2.75) is 17.7 Å². The highest BCUT2D eigenvalue weighted by molar-refractivity contribution is 9.10. The Kier molecular flexibility index (Phi) is 6.31. The van der Waals surface area contributed by atoms with Gasteiger partial charge in [0.05, 0.1) is 17.6 Å². The Morgan fingerprint density at radius 1 is 1.38 bits per heavy atom. The van der Waals surface area contributed by atoms with E-state index >= 15 is 0 Å². The lowest BCUT2D eigenvalue weighted by Crippen LogP contribution is -2.25. The summed E-state index contributed by atoms with van der Waals surface area (Å²) in [5.74, 6) is -1.56. The Morgan fingerprint density at radius 2 is 2.05 bits per heavy atom. The summed E-state index contributed by atoms with van der Waals surface area (Å²) in [5.41, 5.74) is 0.217. The van der Waals surface area contributed by atoms with Crippen LogP contribution in [0.5, 0.6) is 0 Å². The second kappa shape index (κ2) is 7.53. The molecule has 0 unspecified atom stereocenters. The number of hydrogen-bond acceptors (Lipinski definition) is 5. The van der Waals surface area contributed by atoms with Crippen LogP contribution >= 0.6 is 15.9 Å². The molecule has 1 rings (SSSR count). The van der Waals surface area contributed by atoms with Gasteiger partial charge in [0.1, 0.15) is 0 Å². The van der Waals surface area contributed by atoms with Crippen LogP contribution < -0.4 is 4.72 Å². The number of hydrogen-bond donors (Lipinski definition) is 2. The minimum absolute atomic E-state index is 0.0137. The maximum Gasteiger partial charge on any atom is 0.337 e. The molecule has 7 nitrogen and oxygen atoms in total. The summed E-state index contributed by atoms with van der Waals surface area (Å²) < 4.78 is 31.1. The third-order valence-electron chi connectivity index (χ3n) is 2.50. The Balaban J connectivity index is 2.84. The van der Waals surface area contributed by atoms with Crippen molar-refractivity contribution in [2.24, 2.45) is 0 Å². The first-order valence-corrected chi connectivity index (χ1v) is 8.15. The number of sulfonamides is 1.